The molecule has 0 saturated carbocycles. The number of rotatable bonds is 4. The molecule has 0 saturated heterocycles. The number of fused-ring (bicyclic) bond motifs is 1. The molecule has 1 aliphatic rings. The summed E-state index contributed by atoms with van der Waals surface area (Å²) < 4.78 is 10.6. The van der Waals surface area contributed by atoms with Crippen molar-refractivity contribution in [3.8, 4) is 22.6 Å². The third kappa shape index (κ3) is 3.47. The van der Waals surface area contributed by atoms with Crippen LogP contribution >= 0.6 is 0 Å². The van der Waals surface area contributed by atoms with Crippen molar-refractivity contribution in [2.45, 2.75) is 6.54 Å². The van der Waals surface area contributed by atoms with E-state index >= 15 is 0 Å². The summed E-state index contributed by atoms with van der Waals surface area (Å²) >= 11 is 0. The number of anilines is 1. The van der Waals surface area contributed by atoms with Crippen molar-refractivity contribution < 1.29 is 14.3 Å². The minimum absolute atomic E-state index is 0.239. The number of para-hydroxylation sites is 1. The number of amides is 2. The number of urea groups is 1. The van der Waals surface area contributed by atoms with Gasteiger partial charge in [-0.15, -0.1) is 0 Å². The molecule has 4 rings (SSSR count). The fourth-order valence-corrected chi connectivity index (χ4v) is 2.86. The Bertz CT molecular complexity index is 926. The minimum atomic E-state index is -0.258. The maximum Gasteiger partial charge on any atom is 0.319 e. The van der Waals surface area contributed by atoms with Gasteiger partial charge in [0.25, 0.3) is 0 Å². The Kier molecular flexibility index (Phi) is 4.43. The minimum Gasteiger partial charge on any atom is -0.454 e. The molecule has 0 fully saturated rings. The second kappa shape index (κ2) is 7.19. The number of ether oxygens (including phenoxy) is 2. The zero-order chi connectivity index (χ0) is 17.8. The summed E-state index contributed by atoms with van der Waals surface area (Å²) in [5, 5.41) is 5.80. The van der Waals surface area contributed by atoms with Gasteiger partial charge in [0.15, 0.2) is 11.5 Å². The first-order valence-corrected chi connectivity index (χ1v) is 8.37. The molecule has 130 valence electrons. The molecule has 0 atom stereocenters. The normalized spacial score (nSPS) is 11.8. The molecule has 1 aliphatic heterocycles. The average molecular weight is 346 g/mol. The van der Waals surface area contributed by atoms with Crippen LogP contribution in [0.4, 0.5) is 10.5 Å². The maximum absolute atomic E-state index is 12.3. The lowest BCUT2D eigenvalue weighted by molar-refractivity contribution is 0.174. The third-order valence-electron chi connectivity index (χ3n) is 4.15. The van der Waals surface area contributed by atoms with E-state index in [0.29, 0.717) is 12.3 Å². The summed E-state index contributed by atoms with van der Waals surface area (Å²) in [6.45, 7) is 0.638. The second-order valence-corrected chi connectivity index (χ2v) is 5.91. The van der Waals surface area contributed by atoms with E-state index in [1.807, 2.05) is 72.8 Å². The highest BCUT2D eigenvalue weighted by Crippen LogP contribution is 2.32. The molecule has 2 amide bonds. The first-order chi connectivity index (χ1) is 12.8. The van der Waals surface area contributed by atoms with Crippen LogP contribution < -0.4 is 20.1 Å². The van der Waals surface area contributed by atoms with Gasteiger partial charge >= 0.3 is 6.03 Å². The summed E-state index contributed by atoms with van der Waals surface area (Å²) in [5.74, 6) is 1.44. The van der Waals surface area contributed by atoms with Gasteiger partial charge in [0.1, 0.15) is 0 Å². The van der Waals surface area contributed by atoms with E-state index < -0.39 is 0 Å². The summed E-state index contributed by atoms with van der Waals surface area (Å²) in [5.41, 5.74) is 3.74. The topological polar surface area (TPSA) is 59.6 Å². The van der Waals surface area contributed by atoms with E-state index in [1.54, 1.807) is 0 Å². The van der Waals surface area contributed by atoms with Crippen LogP contribution in [0.25, 0.3) is 11.1 Å². The Hall–Kier alpha value is -3.47. The van der Waals surface area contributed by atoms with Gasteiger partial charge in [-0.25, -0.2) is 4.79 Å². The summed E-state index contributed by atoms with van der Waals surface area (Å²) in [6, 6.07) is 23.1. The van der Waals surface area contributed by atoms with Crippen LogP contribution in [0.5, 0.6) is 11.5 Å². The molecule has 1 heterocycles. The van der Waals surface area contributed by atoms with Crippen LogP contribution in [0.2, 0.25) is 0 Å². The summed E-state index contributed by atoms with van der Waals surface area (Å²) in [7, 11) is 0. The van der Waals surface area contributed by atoms with Crippen LogP contribution in [0.15, 0.2) is 72.8 Å². The molecule has 0 unspecified atom stereocenters. The Morgan fingerprint density at radius 2 is 1.65 bits per heavy atom. The number of hydrogen-bond donors (Lipinski definition) is 2. The Morgan fingerprint density at radius 3 is 2.54 bits per heavy atom. The predicted molar refractivity (Wildman–Crippen MR) is 100 cm³/mol. The first kappa shape index (κ1) is 16.0. The molecule has 0 radical (unpaired) electrons. The van der Waals surface area contributed by atoms with Crippen molar-refractivity contribution in [2.75, 3.05) is 12.1 Å². The zero-order valence-electron chi connectivity index (χ0n) is 14.1. The number of carbonyl (C=O) groups is 1. The van der Waals surface area contributed by atoms with Crippen LogP contribution in [-0.4, -0.2) is 12.8 Å². The lowest BCUT2D eigenvalue weighted by Crippen LogP contribution is -2.28. The second-order valence-electron chi connectivity index (χ2n) is 5.91. The highest BCUT2D eigenvalue weighted by Gasteiger charge is 2.13. The van der Waals surface area contributed by atoms with Crippen LogP contribution in [-0.2, 0) is 6.54 Å². The van der Waals surface area contributed by atoms with E-state index in [0.717, 1.165) is 28.1 Å². The summed E-state index contributed by atoms with van der Waals surface area (Å²) in [6.07, 6.45) is 0. The molecule has 0 aliphatic carbocycles. The lowest BCUT2D eigenvalue weighted by Gasteiger charge is -2.12. The fraction of sp³-hybridized carbons (Fsp3) is 0.0952. The van der Waals surface area contributed by atoms with Crippen LogP contribution in [0.1, 0.15) is 5.56 Å². The highest BCUT2D eigenvalue weighted by atomic mass is 16.7. The van der Waals surface area contributed by atoms with Crippen molar-refractivity contribution in [1.82, 2.24) is 5.32 Å². The number of hydrogen-bond acceptors (Lipinski definition) is 3. The van der Waals surface area contributed by atoms with Gasteiger partial charge < -0.3 is 20.1 Å². The fourth-order valence-electron chi connectivity index (χ4n) is 2.86. The van der Waals surface area contributed by atoms with Crippen molar-refractivity contribution >= 4 is 11.7 Å². The molecule has 3 aromatic rings. The molecule has 26 heavy (non-hydrogen) atoms. The summed E-state index contributed by atoms with van der Waals surface area (Å²) in [4.78, 5) is 12.3. The predicted octanol–water partition coefficient (Wildman–Crippen LogP) is 4.40. The monoisotopic (exact) mass is 346 g/mol. The third-order valence-corrected chi connectivity index (χ3v) is 4.15. The van der Waals surface area contributed by atoms with Crippen LogP contribution in [0.3, 0.4) is 0 Å². The van der Waals surface area contributed by atoms with Gasteiger partial charge in [-0.1, -0.05) is 54.6 Å². The number of carbonyl (C=O) groups excluding carboxylic acids is 1. The van der Waals surface area contributed by atoms with E-state index in [-0.39, 0.29) is 12.8 Å². The van der Waals surface area contributed by atoms with Gasteiger partial charge in [0.05, 0.1) is 5.69 Å². The number of benzene rings is 3. The molecular weight excluding hydrogens is 328 g/mol. The molecule has 2 N–H and O–H groups in total. The SMILES string of the molecule is O=C(NCc1ccc2c(c1)OCO2)Nc1ccccc1-c1ccccc1. The Morgan fingerprint density at radius 1 is 0.885 bits per heavy atom. The molecule has 0 aromatic heterocycles. The van der Waals surface area contributed by atoms with Crippen molar-refractivity contribution in [1.29, 1.82) is 0 Å². The Labute approximate surface area is 151 Å². The van der Waals surface area contributed by atoms with Gasteiger partial charge in [-0.05, 0) is 29.3 Å². The van der Waals surface area contributed by atoms with Gasteiger partial charge in [0, 0.05) is 12.1 Å². The van der Waals surface area contributed by atoms with Crippen LogP contribution in [0, 0.1) is 0 Å². The van der Waals surface area contributed by atoms with E-state index in [1.165, 1.54) is 0 Å². The molecule has 0 bridgehead atoms. The van der Waals surface area contributed by atoms with Crippen molar-refractivity contribution in [2.24, 2.45) is 0 Å². The van der Waals surface area contributed by atoms with Gasteiger partial charge in [-0.3, -0.25) is 0 Å². The van der Waals surface area contributed by atoms with E-state index in [2.05, 4.69) is 10.6 Å². The molecular formula is C21H18N2O3. The molecule has 3 aromatic carbocycles. The average Bonchev–Trinajstić information content (AvgIpc) is 3.15. The quantitative estimate of drug-likeness (QED) is 0.736. The standard InChI is InChI=1S/C21H18N2O3/c24-21(22-13-15-10-11-19-20(12-15)26-14-25-19)23-18-9-5-4-8-17(18)16-6-2-1-3-7-16/h1-12H,13-14H2,(H2,22,23,24). The maximum atomic E-state index is 12.3. The van der Waals surface area contributed by atoms with E-state index in [4.69, 9.17) is 9.47 Å². The zero-order valence-corrected chi connectivity index (χ0v) is 14.1. The molecule has 5 heteroatoms. The largest absolute Gasteiger partial charge is 0.454 e. The van der Waals surface area contributed by atoms with E-state index in [9.17, 15) is 4.79 Å². The molecule has 5 nitrogen and oxygen atoms in total. The highest BCUT2D eigenvalue weighted by molar-refractivity contribution is 5.94. The van der Waals surface area contributed by atoms with Crippen molar-refractivity contribution in [3.05, 3.63) is 78.4 Å². The lowest BCUT2D eigenvalue weighted by atomic mass is 10.0. The first-order valence-electron chi connectivity index (χ1n) is 8.37. The number of nitrogens with one attached hydrogen (secondary N) is 2. The van der Waals surface area contributed by atoms with Gasteiger partial charge in [-0.2, -0.15) is 0 Å². The van der Waals surface area contributed by atoms with Crippen molar-refractivity contribution in [3.63, 3.8) is 0 Å². The van der Waals surface area contributed by atoms with Gasteiger partial charge in [0.2, 0.25) is 6.79 Å². The smallest absolute Gasteiger partial charge is 0.319 e. The molecule has 0 spiro atoms. The Balaban J connectivity index is 1.43.